The zero-order valence-corrected chi connectivity index (χ0v) is 21.0. The number of piperidine rings is 1. The third-order valence-corrected chi connectivity index (χ3v) is 7.13. The van der Waals surface area contributed by atoms with Gasteiger partial charge in [-0.05, 0) is 68.0 Å². The topological polar surface area (TPSA) is 70.1 Å². The number of carbonyl (C=O) groups is 2. The number of hydrogen-bond acceptors (Lipinski definition) is 4. The largest absolute Gasteiger partial charge is 0.415 e. The van der Waals surface area contributed by atoms with Gasteiger partial charge < -0.3 is 19.6 Å². The van der Waals surface area contributed by atoms with Crippen LogP contribution in [0.4, 0.5) is 4.79 Å². The molecular weight excluding hydrogens is 452 g/mol. The summed E-state index contributed by atoms with van der Waals surface area (Å²) >= 11 is 0. The summed E-state index contributed by atoms with van der Waals surface area (Å²) in [7, 11) is 0. The maximum Gasteiger partial charge on any atom is 0.415 e. The third-order valence-electron chi connectivity index (χ3n) is 7.13. The van der Waals surface area contributed by atoms with Crippen LogP contribution < -0.4 is 4.74 Å². The minimum absolute atomic E-state index is 0.0377. The van der Waals surface area contributed by atoms with E-state index in [1.165, 1.54) is 0 Å². The number of aliphatic hydroxyl groups is 1. The van der Waals surface area contributed by atoms with E-state index >= 15 is 0 Å². The number of likely N-dealkylation sites (tertiary alicyclic amines) is 1. The fourth-order valence-electron chi connectivity index (χ4n) is 5.03. The van der Waals surface area contributed by atoms with Gasteiger partial charge in [0.25, 0.3) is 5.91 Å². The fraction of sp³-hybridized carbons (Fsp3) is 0.333. The number of nitrogens with zero attached hydrogens (tertiary/aromatic N) is 2. The Morgan fingerprint density at radius 2 is 1.36 bits per heavy atom. The summed E-state index contributed by atoms with van der Waals surface area (Å²) in [4.78, 5) is 28.8. The van der Waals surface area contributed by atoms with Crippen molar-refractivity contribution in [2.75, 3.05) is 26.2 Å². The number of amides is 2. The molecule has 3 aromatic rings. The monoisotopic (exact) mass is 486 g/mol. The van der Waals surface area contributed by atoms with E-state index in [9.17, 15) is 14.7 Å². The van der Waals surface area contributed by atoms with E-state index in [-0.39, 0.29) is 11.8 Å². The Bertz CT molecular complexity index is 1100. The van der Waals surface area contributed by atoms with Gasteiger partial charge in [0, 0.05) is 31.7 Å². The first-order valence-corrected chi connectivity index (χ1v) is 12.7. The summed E-state index contributed by atoms with van der Waals surface area (Å²) < 4.78 is 5.59. The lowest BCUT2D eigenvalue weighted by molar-refractivity contribution is -0.0115. The Morgan fingerprint density at radius 3 is 1.83 bits per heavy atom. The minimum Gasteiger partial charge on any atom is -0.410 e. The molecule has 4 rings (SSSR count). The molecule has 188 valence electrons. The highest BCUT2D eigenvalue weighted by molar-refractivity contribution is 5.94. The molecule has 0 atom stereocenters. The van der Waals surface area contributed by atoms with Crippen LogP contribution in [-0.4, -0.2) is 53.1 Å². The van der Waals surface area contributed by atoms with E-state index in [1.807, 2.05) is 74.5 Å². The van der Waals surface area contributed by atoms with Gasteiger partial charge in [-0.3, -0.25) is 4.79 Å². The summed E-state index contributed by atoms with van der Waals surface area (Å²) in [6.07, 6.45) is 0.874. The van der Waals surface area contributed by atoms with Gasteiger partial charge in [-0.2, -0.15) is 0 Å². The number of benzene rings is 3. The average Bonchev–Trinajstić information content (AvgIpc) is 2.94. The van der Waals surface area contributed by atoms with Gasteiger partial charge in [-0.25, -0.2) is 4.79 Å². The summed E-state index contributed by atoms with van der Waals surface area (Å²) in [5.41, 5.74) is 1.15. The molecular formula is C30H34N2O4. The van der Waals surface area contributed by atoms with Crippen molar-refractivity contribution < 1.29 is 19.4 Å². The fourth-order valence-corrected chi connectivity index (χ4v) is 5.03. The third kappa shape index (κ3) is 5.29. The lowest BCUT2D eigenvalue weighted by Crippen LogP contribution is -2.46. The van der Waals surface area contributed by atoms with E-state index in [2.05, 4.69) is 0 Å². The maximum atomic E-state index is 12.8. The van der Waals surface area contributed by atoms with Crippen molar-refractivity contribution in [2.45, 2.75) is 32.3 Å². The van der Waals surface area contributed by atoms with Crippen molar-refractivity contribution in [2.24, 2.45) is 5.92 Å². The molecule has 1 N–H and O–H groups in total. The van der Waals surface area contributed by atoms with Crippen LogP contribution in [0.3, 0.4) is 0 Å². The second kappa shape index (κ2) is 11.4. The Morgan fingerprint density at radius 1 is 0.861 bits per heavy atom. The molecule has 2 amide bonds. The van der Waals surface area contributed by atoms with Crippen LogP contribution in [0.25, 0.3) is 0 Å². The van der Waals surface area contributed by atoms with Crippen molar-refractivity contribution in [3.8, 4) is 5.75 Å². The van der Waals surface area contributed by atoms with Crippen LogP contribution in [0.15, 0.2) is 84.9 Å². The highest BCUT2D eigenvalue weighted by atomic mass is 16.6. The summed E-state index contributed by atoms with van der Waals surface area (Å²) in [6, 6.07) is 26.2. The normalized spacial score (nSPS) is 14.4. The van der Waals surface area contributed by atoms with Gasteiger partial charge >= 0.3 is 6.09 Å². The van der Waals surface area contributed by atoms with E-state index in [0.717, 1.165) is 11.1 Å². The van der Waals surface area contributed by atoms with E-state index in [4.69, 9.17) is 4.74 Å². The lowest BCUT2D eigenvalue weighted by Gasteiger charge is -2.42. The van der Waals surface area contributed by atoms with Gasteiger partial charge in [0.1, 0.15) is 11.4 Å². The molecule has 0 aliphatic carbocycles. The van der Waals surface area contributed by atoms with Crippen LogP contribution in [0.1, 0.15) is 48.2 Å². The number of hydrogen-bond donors (Lipinski definition) is 1. The number of ether oxygens (including phenoxy) is 1. The Balaban J connectivity index is 1.41. The van der Waals surface area contributed by atoms with E-state index in [1.54, 1.807) is 34.1 Å². The summed E-state index contributed by atoms with van der Waals surface area (Å²) in [6.45, 7) is 6.16. The predicted octanol–water partition coefficient (Wildman–Crippen LogP) is 5.32. The highest BCUT2D eigenvalue weighted by Crippen LogP contribution is 2.42. The highest BCUT2D eigenvalue weighted by Gasteiger charge is 2.42. The molecule has 1 fully saturated rings. The Kier molecular flexibility index (Phi) is 8.06. The molecule has 0 bridgehead atoms. The molecule has 0 unspecified atom stereocenters. The predicted molar refractivity (Wildman–Crippen MR) is 140 cm³/mol. The van der Waals surface area contributed by atoms with Gasteiger partial charge in [0.05, 0.1) is 0 Å². The molecule has 0 aromatic heterocycles. The molecule has 3 aromatic carbocycles. The van der Waals surface area contributed by atoms with Gasteiger partial charge in [0.2, 0.25) is 0 Å². The Labute approximate surface area is 213 Å². The van der Waals surface area contributed by atoms with Crippen molar-refractivity contribution in [3.63, 3.8) is 0 Å². The van der Waals surface area contributed by atoms with Crippen molar-refractivity contribution in [1.82, 2.24) is 9.80 Å². The van der Waals surface area contributed by atoms with Crippen LogP contribution in [-0.2, 0) is 5.60 Å². The number of rotatable bonds is 7. The first-order chi connectivity index (χ1) is 17.5. The van der Waals surface area contributed by atoms with Gasteiger partial charge in [-0.15, -0.1) is 0 Å². The molecule has 1 heterocycles. The number of carbonyl (C=O) groups excluding carboxylic acids is 2. The minimum atomic E-state index is -1.13. The summed E-state index contributed by atoms with van der Waals surface area (Å²) in [5.74, 6) is 0.323. The second-order valence-corrected chi connectivity index (χ2v) is 9.13. The molecule has 0 saturated carbocycles. The standard InChI is InChI=1S/C30H34N2O4/c1-3-31(4-2)28(33)23-15-17-27(18-16-23)36-29(34)32-21-19-26(20-22-32)30(35,24-11-7-5-8-12-24)25-13-9-6-10-14-25/h5-18,26,35H,3-4,19-22H2,1-2H3. The molecule has 6 heteroatoms. The Hall–Kier alpha value is -3.64. The zero-order valence-electron chi connectivity index (χ0n) is 21.0. The zero-order chi connectivity index (χ0) is 25.5. The summed E-state index contributed by atoms with van der Waals surface area (Å²) in [5, 5.41) is 12.0. The first-order valence-electron chi connectivity index (χ1n) is 12.7. The maximum absolute atomic E-state index is 12.8. The lowest BCUT2D eigenvalue weighted by atomic mass is 9.72. The molecule has 0 spiro atoms. The first kappa shape index (κ1) is 25.5. The van der Waals surface area contributed by atoms with Crippen molar-refractivity contribution in [1.29, 1.82) is 0 Å². The molecule has 36 heavy (non-hydrogen) atoms. The van der Waals surface area contributed by atoms with E-state index < -0.39 is 11.7 Å². The smallest absolute Gasteiger partial charge is 0.410 e. The quantitative estimate of drug-likeness (QED) is 0.491. The molecule has 1 aliphatic rings. The van der Waals surface area contributed by atoms with Gasteiger partial charge in [0.15, 0.2) is 0 Å². The van der Waals surface area contributed by atoms with Crippen LogP contribution in [0.2, 0.25) is 0 Å². The van der Waals surface area contributed by atoms with Crippen LogP contribution in [0, 0.1) is 5.92 Å². The second-order valence-electron chi connectivity index (χ2n) is 9.13. The molecule has 6 nitrogen and oxygen atoms in total. The molecule has 1 aliphatic heterocycles. The SMILES string of the molecule is CCN(CC)C(=O)c1ccc(OC(=O)N2CCC(C(O)(c3ccccc3)c3ccccc3)CC2)cc1. The van der Waals surface area contributed by atoms with Gasteiger partial charge in [-0.1, -0.05) is 60.7 Å². The van der Waals surface area contributed by atoms with Crippen molar-refractivity contribution >= 4 is 12.0 Å². The van der Waals surface area contributed by atoms with E-state index in [0.29, 0.717) is 50.3 Å². The van der Waals surface area contributed by atoms with Crippen LogP contribution in [0.5, 0.6) is 5.75 Å². The molecule has 0 radical (unpaired) electrons. The van der Waals surface area contributed by atoms with Crippen molar-refractivity contribution in [3.05, 3.63) is 102 Å². The van der Waals surface area contributed by atoms with Crippen LogP contribution >= 0.6 is 0 Å². The average molecular weight is 487 g/mol. The molecule has 1 saturated heterocycles.